The van der Waals surface area contributed by atoms with E-state index in [1.54, 1.807) is 0 Å². The summed E-state index contributed by atoms with van der Waals surface area (Å²) in [7, 11) is 0. The van der Waals surface area contributed by atoms with E-state index in [0.717, 1.165) is 6.07 Å². The van der Waals surface area contributed by atoms with Crippen LogP contribution in [0.15, 0.2) is 12.1 Å². The summed E-state index contributed by atoms with van der Waals surface area (Å²) < 4.78 is 49.2. The second-order valence-corrected chi connectivity index (χ2v) is 4.16. The molecule has 1 heterocycles. The fourth-order valence-corrected chi connectivity index (χ4v) is 1.86. The van der Waals surface area contributed by atoms with Gasteiger partial charge in [0.1, 0.15) is 13.2 Å². The Bertz CT molecular complexity index is 443. The number of aliphatic hydroxyl groups excluding tert-OH is 1. The third kappa shape index (κ3) is 2.38. The smallest absolute Gasteiger partial charge is 0.416 e. The van der Waals surface area contributed by atoms with Crippen molar-refractivity contribution in [3.8, 4) is 11.5 Å². The van der Waals surface area contributed by atoms with Crippen molar-refractivity contribution >= 4 is 0 Å². The van der Waals surface area contributed by atoms with Gasteiger partial charge in [0.2, 0.25) is 0 Å². The molecule has 1 aromatic carbocycles. The molecular weight excluding hydrogens is 249 g/mol. The zero-order valence-corrected chi connectivity index (χ0v) is 9.75. The molecule has 1 aliphatic rings. The predicted molar refractivity (Wildman–Crippen MR) is 57.9 cm³/mol. The maximum absolute atomic E-state index is 12.9. The number of ether oxygens (including phenoxy) is 2. The van der Waals surface area contributed by atoms with Crippen molar-refractivity contribution in [1.82, 2.24) is 0 Å². The molecule has 0 saturated heterocycles. The van der Waals surface area contributed by atoms with Crippen LogP contribution in [0.2, 0.25) is 0 Å². The van der Waals surface area contributed by atoms with Crippen LogP contribution in [-0.4, -0.2) is 24.9 Å². The maximum atomic E-state index is 12.9. The Kier molecular flexibility index (Phi) is 3.38. The van der Waals surface area contributed by atoms with Crippen LogP contribution in [0, 0.1) is 0 Å². The highest BCUT2D eigenvalue weighted by Gasteiger charge is 2.36. The lowest BCUT2D eigenvalue weighted by Gasteiger charge is -2.23. The molecule has 0 bridgehead atoms. The molecule has 6 heteroatoms. The van der Waals surface area contributed by atoms with Gasteiger partial charge >= 0.3 is 6.18 Å². The molecule has 18 heavy (non-hydrogen) atoms. The Morgan fingerprint density at radius 3 is 2.28 bits per heavy atom. The van der Waals surface area contributed by atoms with Crippen molar-refractivity contribution in [2.45, 2.75) is 19.0 Å². The van der Waals surface area contributed by atoms with Gasteiger partial charge in [-0.15, -0.1) is 0 Å². The van der Waals surface area contributed by atoms with Gasteiger partial charge in [-0.3, -0.25) is 0 Å². The van der Waals surface area contributed by atoms with E-state index in [1.165, 1.54) is 13.0 Å². The van der Waals surface area contributed by atoms with E-state index in [4.69, 9.17) is 14.6 Å². The Morgan fingerprint density at radius 2 is 1.78 bits per heavy atom. The Morgan fingerprint density at radius 1 is 1.22 bits per heavy atom. The molecule has 1 aromatic rings. The van der Waals surface area contributed by atoms with E-state index in [0.29, 0.717) is 12.4 Å². The minimum Gasteiger partial charge on any atom is -0.486 e. The Labute approximate surface area is 102 Å². The molecular formula is C12H13F3O3. The zero-order valence-electron chi connectivity index (χ0n) is 9.75. The highest BCUT2D eigenvalue weighted by atomic mass is 19.4. The molecule has 1 atom stereocenters. The largest absolute Gasteiger partial charge is 0.486 e. The third-order valence-corrected chi connectivity index (χ3v) is 2.82. The molecule has 100 valence electrons. The summed E-state index contributed by atoms with van der Waals surface area (Å²) in [4.78, 5) is 0. The molecule has 1 aliphatic heterocycles. The minimum atomic E-state index is -4.48. The quantitative estimate of drug-likeness (QED) is 0.890. The monoisotopic (exact) mass is 262 g/mol. The molecule has 1 N–H and O–H groups in total. The minimum absolute atomic E-state index is 0.0225. The molecule has 0 saturated carbocycles. The second-order valence-electron chi connectivity index (χ2n) is 4.16. The van der Waals surface area contributed by atoms with E-state index >= 15 is 0 Å². The van der Waals surface area contributed by atoms with Crippen LogP contribution < -0.4 is 9.47 Å². The first kappa shape index (κ1) is 13.0. The third-order valence-electron chi connectivity index (χ3n) is 2.82. The van der Waals surface area contributed by atoms with Gasteiger partial charge in [0.05, 0.1) is 5.56 Å². The SMILES string of the molecule is CC(CO)c1cc2c(cc1C(F)(F)F)OCCO2. The Balaban J connectivity index is 2.54. The molecule has 0 spiro atoms. The number of rotatable bonds is 2. The number of halogens is 3. The van der Waals surface area contributed by atoms with Crippen molar-refractivity contribution < 1.29 is 27.8 Å². The van der Waals surface area contributed by atoms with E-state index in [1.807, 2.05) is 0 Å². The number of aliphatic hydroxyl groups is 1. The van der Waals surface area contributed by atoms with Crippen molar-refractivity contribution in [3.63, 3.8) is 0 Å². The average molecular weight is 262 g/mol. The molecule has 0 radical (unpaired) electrons. The first-order valence-electron chi connectivity index (χ1n) is 5.55. The summed E-state index contributed by atoms with van der Waals surface area (Å²) in [6, 6.07) is 2.24. The van der Waals surface area contributed by atoms with Gasteiger partial charge in [-0.25, -0.2) is 0 Å². The molecule has 0 amide bonds. The molecule has 3 nitrogen and oxygen atoms in total. The van der Waals surface area contributed by atoms with Crippen LogP contribution in [0.25, 0.3) is 0 Å². The summed E-state index contributed by atoms with van der Waals surface area (Å²) in [6.45, 7) is 1.72. The van der Waals surface area contributed by atoms with Crippen LogP contribution in [0.4, 0.5) is 13.2 Å². The molecule has 0 aliphatic carbocycles. The Hall–Kier alpha value is -1.43. The summed E-state index contributed by atoms with van der Waals surface area (Å²) >= 11 is 0. The highest BCUT2D eigenvalue weighted by molar-refractivity contribution is 5.50. The maximum Gasteiger partial charge on any atom is 0.416 e. The highest BCUT2D eigenvalue weighted by Crippen LogP contribution is 2.42. The first-order valence-corrected chi connectivity index (χ1v) is 5.55. The van der Waals surface area contributed by atoms with Gasteiger partial charge < -0.3 is 14.6 Å². The van der Waals surface area contributed by atoms with E-state index in [9.17, 15) is 13.2 Å². The van der Waals surface area contributed by atoms with Gasteiger partial charge in [0, 0.05) is 12.5 Å². The lowest BCUT2D eigenvalue weighted by atomic mass is 9.95. The van der Waals surface area contributed by atoms with E-state index in [-0.39, 0.29) is 24.5 Å². The lowest BCUT2D eigenvalue weighted by Crippen LogP contribution is -2.19. The van der Waals surface area contributed by atoms with Crippen molar-refractivity contribution in [3.05, 3.63) is 23.3 Å². The summed E-state index contributed by atoms with van der Waals surface area (Å²) in [5.41, 5.74) is -0.762. The van der Waals surface area contributed by atoms with Crippen LogP contribution in [-0.2, 0) is 6.18 Å². The van der Waals surface area contributed by atoms with Crippen molar-refractivity contribution in [1.29, 1.82) is 0 Å². The second kappa shape index (κ2) is 4.68. The summed E-state index contributed by atoms with van der Waals surface area (Å²) in [6.07, 6.45) is -4.48. The van der Waals surface area contributed by atoms with Crippen LogP contribution in [0.5, 0.6) is 11.5 Å². The predicted octanol–water partition coefficient (Wildman–Crippen LogP) is 2.57. The van der Waals surface area contributed by atoms with Crippen LogP contribution in [0.1, 0.15) is 24.0 Å². The van der Waals surface area contributed by atoms with Gasteiger partial charge in [0.25, 0.3) is 0 Å². The normalized spacial score (nSPS) is 16.5. The number of fused-ring (bicyclic) bond motifs is 1. The zero-order chi connectivity index (χ0) is 13.3. The van der Waals surface area contributed by atoms with E-state index < -0.39 is 17.7 Å². The fourth-order valence-electron chi connectivity index (χ4n) is 1.86. The number of hydrogen-bond acceptors (Lipinski definition) is 3. The molecule has 2 rings (SSSR count). The summed E-state index contributed by atoms with van der Waals surface area (Å²) in [5, 5.41) is 9.04. The number of hydrogen-bond donors (Lipinski definition) is 1. The van der Waals surface area contributed by atoms with E-state index in [2.05, 4.69) is 0 Å². The van der Waals surface area contributed by atoms with Crippen LogP contribution >= 0.6 is 0 Å². The standard InChI is InChI=1S/C12H13F3O3/c1-7(6-16)8-4-10-11(18-3-2-17-10)5-9(8)12(13,14)15/h4-5,7,16H,2-3,6H2,1H3. The molecule has 0 fully saturated rings. The molecule has 0 aromatic heterocycles. The lowest BCUT2D eigenvalue weighted by molar-refractivity contribution is -0.138. The molecule has 1 unspecified atom stereocenters. The van der Waals surface area contributed by atoms with Crippen molar-refractivity contribution in [2.24, 2.45) is 0 Å². The number of benzene rings is 1. The van der Waals surface area contributed by atoms with Gasteiger partial charge in [-0.05, 0) is 17.7 Å². The fraction of sp³-hybridized carbons (Fsp3) is 0.500. The first-order chi connectivity index (χ1) is 8.43. The topological polar surface area (TPSA) is 38.7 Å². The van der Waals surface area contributed by atoms with Gasteiger partial charge in [-0.2, -0.15) is 13.2 Å². The van der Waals surface area contributed by atoms with Gasteiger partial charge in [0.15, 0.2) is 11.5 Å². The average Bonchev–Trinajstić information content (AvgIpc) is 2.35. The van der Waals surface area contributed by atoms with Crippen molar-refractivity contribution in [2.75, 3.05) is 19.8 Å². The van der Waals surface area contributed by atoms with Crippen LogP contribution in [0.3, 0.4) is 0 Å². The van der Waals surface area contributed by atoms with Gasteiger partial charge in [-0.1, -0.05) is 6.92 Å². The number of alkyl halides is 3. The summed E-state index contributed by atoms with van der Waals surface area (Å²) in [5.74, 6) is -0.218.